The van der Waals surface area contributed by atoms with Crippen LogP contribution in [0.4, 0.5) is 0 Å². The van der Waals surface area contributed by atoms with E-state index in [1.165, 1.54) is 6.42 Å². The molecule has 0 bridgehead atoms. The minimum atomic E-state index is 0.240. The van der Waals surface area contributed by atoms with Gasteiger partial charge in [0.05, 0.1) is 0 Å². The van der Waals surface area contributed by atoms with E-state index in [4.69, 9.17) is 0 Å². The molecule has 8 heavy (non-hydrogen) atoms. The number of carbonyl (C=O) groups excluding carboxylic acids is 1. The van der Waals surface area contributed by atoms with Gasteiger partial charge in [-0.25, -0.2) is 0 Å². The molecule has 1 fully saturated rings. The van der Waals surface area contributed by atoms with Crippen LogP contribution in [0.2, 0.25) is 4.82 Å². The van der Waals surface area contributed by atoms with Gasteiger partial charge in [0.15, 0.2) is 0 Å². The number of rotatable bonds is 0. The second-order valence-electron chi connectivity index (χ2n) is 2.20. The zero-order valence-electron chi connectivity index (χ0n) is 4.72. The third-order valence-electron chi connectivity index (χ3n) is 1.50. The summed E-state index contributed by atoms with van der Waals surface area (Å²) in [6.45, 7) is 0. The van der Waals surface area contributed by atoms with E-state index in [2.05, 4.69) is 16.0 Å². The van der Waals surface area contributed by atoms with Crippen molar-refractivity contribution < 1.29 is 4.79 Å². The Labute approximate surface area is 57.7 Å². The molecule has 1 rings (SSSR count). The Morgan fingerprint density at radius 3 is 2.62 bits per heavy atom. The summed E-state index contributed by atoms with van der Waals surface area (Å²) in [5, 5.41) is 0. The Morgan fingerprint density at radius 1 is 1.50 bits per heavy atom. The first kappa shape index (κ1) is 6.31. The van der Waals surface area contributed by atoms with Gasteiger partial charge in [-0.05, 0) is 0 Å². The van der Waals surface area contributed by atoms with Crippen LogP contribution in [-0.2, 0) is 4.79 Å². The molecule has 0 amide bonds. The van der Waals surface area contributed by atoms with Gasteiger partial charge in [0.1, 0.15) is 0 Å². The summed E-state index contributed by atoms with van der Waals surface area (Å²) >= 11 is 2.88. The van der Waals surface area contributed by atoms with Gasteiger partial charge in [-0.3, -0.25) is 0 Å². The maximum atomic E-state index is 10.8. The molecule has 0 saturated heterocycles. The fourth-order valence-electron chi connectivity index (χ4n) is 0.951. The monoisotopic (exact) mass is 177 g/mol. The third-order valence-corrected chi connectivity index (χ3v) is 2.54. The minimum absolute atomic E-state index is 0.240. The molecule has 45 valence electrons. The van der Waals surface area contributed by atoms with E-state index in [1.54, 1.807) is 0 Å². The summed E-state index contributed by atoms with van der Waals surface area (Å²) in [6, 6.07) is 0. The summed E-state index contributed by atoms with van der Waals surface area (Å²) in [5.41, 5.74) is 0. The van der Waals surface area contributed by atoms with Crippen LogP contribution in [0.25, 0.3) is 0 Å². The molecular formula is C6H9OSe. The van der Waals surface area contributed by atoms with Crippen LogP contribution in [0.15, 0.2) is 0 Å². The first-order valence-electron chi connectivity index (χ1n) is 2.99. The fourth-order valence-corrected chi connectivity index (χ4v) is 1.55. The molecule has 1 aliphatic rings. The predicted octanol–water partition coefficient (Wildman–Crippen LogP) is 1.09. The average Bonchev–Trinajstić information content (AvgIpc) is 1.77. The Kier molecular flexibility index (Phi) is 2.09. The molecule has 0 aromatic carbocycles. The summed E-state index contributed by atoms with van der Waals surface area (Å²) in [5.74, 6) is 0.413. The zero-order chi connectivity index (χ0) is 5.98. The predicted molar refractivity (Wildman–Crippen MR) is 33.0 cm³/mol. The van der Waals surface area contributed by atoms with E-state index in [9.17, 15) is 4.79 Å². The Bertz CT molecular complexity index is 101. The summed E-state index contributed by atoms with van der Waals surface area (Å²) < 4.78 is 0. The van der Waals surface area contributed by atoms with E-state index >= 15 is 0 Å². The molecule has 0 aromatic rings. The van der Waals surface area contributed by atoms with Crippen molar-refractivity contribution in [2.24, 2.45) is 0 Å². The van der Waals surface area contributed by atoms with E-state index in [1.807, 2.05) is 0 Å². The van der Waals surface area contributed by atoms with Crippen LogP contribution in [-0.4, -0.2) is 21.8 Å². The summed E-state index contributed by atoms with van der Waals surface area (Å²) in [6.07, 6.45) is 4.21. The molecule has 0 N–H and O–H groups in total. The van der Waals surface area contributed by atoms with Crippen molar-refractivity contribution in [2.45, 2.75) is 30.5 Å². The zero-order valence-corrected chi connectivity index (χ0v) is 6.44. The molecule has 0 spiro atoms. The van der Waals surface area contributed by atoms with Crippen molar-refractivity contribution in [3.05, 3.63) is 0 Å². The van der Waals surface area contributed by atoms with Crippen molar-refractivity contribution in [3.63, 3.8) is 0 Å². The molecule has 0 unspecified atom stereocenters. The van der Waals surface area contributed by atoms with E-state index < -0.39 is 0 Å². The molecule has 1 aliphatic carbocycles. The average molecular weight is 176 g/mol. The van der Waals surface area contributed by atoms with Gasteiger partial charge >= 0.3 is 57.1 Å². The molecule has 1 radical (unpaired) electrons. The second kappa shape index (κ2) is 2.65. The van der Waals surface area contributed by atoms with Gasteiger partial charge < -0.3 is 0 Å². The molecule has 0 heterocycles. The molecule has 1 atom stereocenters. The topological polar surface area (TPSA) is 17.1 Å². The van der Waals surface area contributed by atoms with E-state index in [0.29, 0.717) is 5.78 Å². The van der Waals surface area contributed by atoms with Gasteiger partial charge in [-0.15, -0.1) is 0 Å². The molecule has 0 aromatic heterocycles. The normalized spacial score (nSPS) is 30.6. The van der Waals surface area contributed by atoms with E-state index in [0.717, 1.165) is 19.3 Å². The summed E-state index contributed by atoms with van der Waals surface area (Å²) in [4.78, 5) is 11.0. The van der Waals surface area contributed by atoms with Crippen LogP contribution in [0.3, 0.4) is 0 Å². The quantitative estimate of drug-likeness (QED) is 0.505. The summed E-state index contributed by atoms with van der Waals surface area (Å²) in [7, 11) is 0. The SMILES string of the molecule is O=C1CCCC[C@@H]1[Se]. The van der Waals surface area contributed by atoms with Crippen molar-refractivity contribution in [3.8, 4) is 0 Å². The fraction of sp³-hybridized carbons (Fsp3) is 0.833. The second-order valence-corrected chi connectivity index (χ2v) is 3.39. The maximum absolute atomic E-state index is 10.8. The number of ketones is 1. The molecule has 2 heteroatoms. The van der Waals surface area contributed by atoms with Crippen LogP contribution in [0.5, 0.6) is 0 Å². The number of Topliss-reactive ketones (excluding diaryl/α,β-unsaturated/α-hetero) is 1. The number of hydrogen-bond donors (Lipinski definition) is 0. The first-order chi connectivity index (χ1) is 3.80. The van der Waals surface area contributed by atoms with Gasteiger partial charge in [0.25, 0.3) is 0 Å². The van der Waals surface area contributed by atoms with Crippen molar-refractivity contribution in [1.82, 2.24) is 0 Å². The van der Waals surface area contributed by atoms with Crippen LogP contribution < -0.4 is 0 Å². The third kappa shape index (κ3) is 1.33. The number of carbonyl (C=O) groups is 1. The number of hydrogen-bond acceptors (Lipinski definition) is 1. The first-order valence-corrected chi connectivity index (χ1v) is 3.98. The van der Waals surface area contributed by atoms with Gasteiger partial charge in [0, 0.05) is 0 Å². The van der Waals surface area contributed by atoms with Crippen LogP contribution >= 0.6 is 0 Å². The Balaban J connectivity index is 2.39. The van der Waals surface area contributed by atoms with Crippen molar-refractivity contribution in [1.29, 1.82) is 0 Å². The molecule has 1 saturated carbocycles. The van der Waals surface area contributed by atoms with Gasteiger partial charge in [0.2, 0.25) is 0 Å². The Morgan fingerprint density at radius 2 is 2.25 bits per heavy atom. The van der Waals surface area contributed by atoms with Crippen LogP contribution in [0.1, 0.15) is 25.7 Å². The standard InChI is InChI=1S/C6H9OSe/c7-5-3-1-2-4-6(5)8/h6H,1-4H2/t6-/m0/s1. The van der Waals surface area contributed by atoms with Gasteiger partial charge in [-0.2, -0.15) is 0 Å². The molecule has 1 nitrogen and oxygen atoms in total. The van der Waals surface area contributed by atoms with Gasteiger partial charge in [-0.1, -0.05) is 0 Å². The van der Waals surface area contributed by atoms with Crippen molar-refractivity contribution in [2.75, 3.05) is 0 Å². The molecular weight excluding hydrogens is 167 g/mol. The van der Waals surface area contributed by atoms with Crippen LogP contribution in [0, 0.1) is 0 Å². The molecule has 0 aliphatic heterocycles. The Hall–Kier alpha value is 0.189. The van der Waals surface area contributed by atoms with E-state index in [-0.39, 0.29) is 4.82 Å². The van der Waals surface area contributed by atoms with Crippen molar-refractivity contribution >= 4 is 21.8 Å².